The molecule has 30 heavy (non-hydrogen) atoms. The Balaban J connectivity index is 1.44. The molecule has 9 heteroatoms. The number of benzene rings is 1. The third kappa shape index (κ3) is 4.53. The van der Waals surface area contributed by atoms with Crippen LogP contribution in [0.2, 0.25) is 5.02 Å². The Labute approximate surface area is 178 Å². The molecule has 1 amide bonds. The van der Waals surface area contributed by atoms with Crippen LogP contribution in [-0.2, 0) is 17.8 Å². The molecule has 1 N–H and O–H groups in total. The van der Waals surface area contributed by atoms with Crippen LogP contribution in [0.4, 0.5) is 10.2 Å². The zero-order chi connectivity index (χ0) is 21.1. The molecule has 0 bridgehead atoms. The summed E-state index contributed by atoms with van der Waals surface area (Å²) in [5, 5.41) is 7.98. The fraction of sp³-hybridized carbons (Fsp3) is 0.429. The van der Waals surface area contributed by atoms with Gasteiger partial charge in [0.15, 0.2) is 0 Å². The number of nitrogens with zero attached hydrogens (tertiary/aromatic N) is 4. The van der Waals surface area contributed by atoms with Crippen molar-refractivity contribution in [2.24, 2.45) is 0 Å². The minimum Gasteiger partial charge on any atom is -0.356 e. The number of nitrogens with one attached hydrogen (secondary N) is 1. The lowest BCUT2D eigenvalue weighted by Crippen LogP contribution is -2.31. The molecule has 158 valence electrons. The van der Waals surface area contributed by atoms with E-state index >= 15 is 0 Å². The van der Waals surface area contributed by atoms with Gasteiger partial charge in [-0.3, -0.25) is 4.79 Å². The number of carbonyl (C=O) groups excluding carboxylic acids is 1. The Bertz CT molecular complexity index is 1060. The van der Waals surface area contributed by atoms with Crippen LogP contribution >= 0.6 is 11.6 Å². The SMILES string of the molecule is Cc1noc2nc(CCC(=O)NCc3ccc(F)cc3Cl)nc(N3CCCCC3)c12. The van der Waals surface area contributed by atoms with Gasteiger partial charge in [0.2, 0.25) is 5.91 Å². The number of carbonyl (C=O) groups is 1. The highest BCUT2D eigenvalue weighted by atomic mass is 35.5. The molecule has 0 atom stereocenters. The molecule has 0 unspecified atom stereocenters. The molecule has 0 saturated carbocycles. The normalized spacial score (nSPS) is 14.3. The Morgan fingerprint density at radius 2 is 2.07 bits per heavy atom. The van der Waals surface area contributed by atoms with E-state index in [4.69, 9.17) is 21.1 Å². The third-order valence-electron chi connectivity index (χ3n) is 5.26. The lowest BCUT2D eigenvalue weighted by atomic mass is 10.1. The van der Waals surface area contributed by atoms with Crippen LogP contribution in [0.1, 0.15) is 42.8 Å². The summed E-state index contributed by atoms with van der Waals surface area (Å²) in [5.41, 5.74) is 1.89. The molecule has 1 saturated heterocycles. The van der Waals surface area contributed by atoms with E-state index < -0.39 is 5.82 Å². The Morgan fingerprint density at radius 1 is 1.27 bits per heavy atom. The van der Waals surface area contributed by atoms with Crippen LogP contribution in [0.15, 0.2) is 22.7 Å². The number of hydrogen-bond donors (Lipinski definition) is 1. The Kier molecular flexibility index (Phi) is 6.13. The predicted molar refractivity (Wildman–Crippen MR) is 112 cm³/mol. The van der Waals surface area contributed by atoms with Gasteiger partial charge in [-0.25, -0.2) is 9.37 Å². The first-order chi connectivity index (χ1) is 14.5. The summed E-state index contributed by atoms with van der Waals surface area (Å²) in [6.07, 6.45) is 4.06. The highest BCUT2D eigenvalue weighted by molar-refractivity contribution is 6.31. The largest absolute Gasteiger partial charge is 0.356 e. The first kappa shape index (κ1) is 20.5. The van der Waals surface area contributed by atoms with Gasteiger partial charge in [0, 0.05) is 37.5 Å². The van der Waals surface area contributed by atoms with Crippen molar-refractivity contribution in [2.75, 3.05) is 18.0 Å². The molecule has 7 nitrogen and oxygen atoms in total. The zero-order valence-electron chi connectivity index (χ0n) is 16.8. The van der Waals surface area contributed by atoms with Gasteiger partial charge in [0.1, 0.15) is 22.8 Å². The van der Waals surface area contributed by atoms with Gasteiger partial charge in [-0.2, -0.15) is 4.98 Å². The second-order valence-electron chi connectivity index (χ2n) is 7.47. The van der Waals surface area contributed by atoms with Gasteiger partial charge >= 0.3 is 0 Å². The summed E-state index contributed by atoms with van der Waals surface area (Å²) >= 11 is 6.00. The molecular formula is C21H23ClFN5O2. The second kappa shape index (κ2) is 8.95. The standard InChI is InChI=1S/C21H23ClFN5O2/c1-13-19-20(28-9-3-2-4-10-28)25-17(26-21(19)30-27-13)7-8-18(29)24-12-14-5-6-15(23)11-16(14)22/h5-6,11H,2-4,7-10,12H2,1H3,(H,24,29). The van der Waals surface area contributed by atoms with Crippen LogP contribution in [0.5, 0.6) is 0 Å². The third-order valence-corrected chi connectivity index (χ3v) is 5.61. The molecule has 0 aliphatic carbocycles. The number of rotatable bonds is 6. The fourth-order valence-electron chi connectivity index (χ4n) is 3.63. The number of amides is 1. The van der Waals surface area contributed by atoms with Crippen molar-refractivity contribution in [1.29, 1.82) is 0 Å². The van der Waals surface area contributed by atoms with E-state index in [1.807, 2.05) is 6.92 Å². The van der Waals surface area contributed by atoms with Crippen LogP contribution in [0.25, 0.3) is 11.1 Å². The quantitative estimate of drug-likeness (QED) is 0.636. The smallest absolute Gasteiger partial charge is 0.263 e. The molecule has 1 aromatic carbocycles. The lowest BCUT2D eigenvalue weighted by Gasteiger charge is -2.28. The van der Waals surface area contributed by atoms with E-state index in [2.05, 4.69) is 20.4 Å². The van der Waals surface area contributed by atoms with Crippen molar-refractivity contribution in [2.45, 2.75) is 45.6 Å². The van der Waals surface area contributed by atoms with Gasteiger partial charge in [-0.1, -0.05) is 22.8 Å². The summed E-state index contributed by atoms with van der Waals surface area (Å²) in [6, 6.07) is 4.11. The van der Waals surface area contributed by atoms with Crippen molar-refractivity contribution in [1.82, 2.24) is 20.4 Å². The number of piperidine rings is 1. The maximum atomic E-state index is 13.1. The minimum absolute atomic E-state index is 0.160. The van der Waals surface area contributed by atoms with Gasteiger partial charge in [0.25, 0.3) is 5.71 Å². The number of aryl methyl sites for hydroxylation is 2. The van der Waals surface area contributed by atoms with E-state index in [9.17, 15) is 9.18 Å². The average Bonchev–Trinajstić information content (AvgIpc) is 3.12. The van der Waals surface area contributed by atoms with E-state index in [0.29, 0.717) is 23.5 Å². The monoisotopic (exact) mass is 431 g/mol. The van der Waals surface area contributed by atoms with Gasteiger partial charge in [-0.05, 0) is 43.9 Å². The fourth-order valence-corrected chi connectivity index (χ4v) is 3.86. The molecular weight excluding hydrogens is 409 g/mol. The van der Waals surface area contributed by atoms with Crippen molar-refractivity contribution < 1.29 is 13.7 Å². The molecule has 3 heterocycles. The number of fused-ring (bicyclic) bond motifs is 1. The topological polar surface area (TPSA) is 84.1 Å². The molecule has 0 spiro atoms. The first-order valence-corrected chi connectivity index (χ1v) is 10.5. The van der Waals surface area contributed by atoms with Crippen LogP contribution in [-0.4, -0.2) is 34.1 Å². The van der Waals surface area contributed by atoms with E-state index in [1.54, 1.807) is 6.07 Å². The molecule has 1 fully saturated rings. The number of aromatic nitrogens is 3. The van der Waals surface area contributed by atoms with Crippen LogP contribution < -0.4 is 10.2 Å². The van der Waals surface area contributed by atoms with Crippen LogP contribution in [0.3, 0.4) is 0 Å². The summed E-state index contributed by atoms with van der Waals surface area (Å²) in [4.78, 5) is 23.7. The minimum atomic E-state index is -0.408. The van der Waals surface area contributed by atoms with Crippen molar-refractivity contribution in [3.63, 3.8) is 0 Å². The molecule has 4 rings (SSSR count). The van der Waals surface area contributed by atoms with Crippen molar-refractivity contribution in [3.05, 3.63) is 46.1 Å². The predicted octanol–water partition coefficient (Wildman–Crippen LogP) is 3.96. The lowest BCUT2D eigenvalue weighted by molar-refractivity contribution is -0.121. The zero-order valence-corrected chi connectivity index (χ0v) is 17.5. The van der Waals surface area contributed by atoms with E-state index in [1.165, 1.54) is 18.6 Å². The van der Waals surface area contributed by atoms with Gasteiger partial charge in [0.05, 0.1) is 5.69 Å². The molecule has 1 aliphatic rings. The Hall–Kier alpha value is -2.74. The number of halogens is 2. The summed E-state index contributed by atoms with van der Waals surface area (Å²) in [7, 11) is 0. The first-order valence-electron chi connectivity index (χ1n) is 10.1. The number of hydrogen-bond acceptors (Lipinski definition) is 6. The van der Waals surface area contributed by atoms with Gasteiger partial charge < -0.3 is 14.7 Å². The Morgan fingerprint density at radius 3 is 2.83 bits per heavy atom. The number of anilines is 1. The van der Waals surface area contributed by atoms with E-state index in [-0.39, 0.29) is 23.9 Å². The second-order valence-corrected chi connectivity index (χ2v) is 7.88. The van der Waals surface area contributed by atoms with Crippen molar-refractivity contribution in [3.8, 4) is 0 Å². The molecule has 3 aromatic rings. The molecule has 0 radical (unpaired) electrons. The maximum absolute atomic E-state index is 13.1. The average molecular weight is 432 g/mol. The maximum Gasteiger partial charge on any atom is 0.263 e. The summed E-state index contributed by atoms with van der Waals surface area (Å²) in [6.45, 7) is 4.00. The highest BCUT2D eigenvalue weighted by Gasteiger charge is 2.21. The highest BCUT2D eigenvalue weighted by Crippen LogP contribution is 2.29. The van der Waals surface area contributed by atoms with E-state index in [0.717, 1.165) is 42.8 Å². The summed E-state index contributed by atoms with van der Waals surface area (Å²) in [5.74, 6) is 0.822. The molecule has 1 aliphatic heterocycles. The summed E-state index contributed by atoms with van der Waals surface area (Å²) < 4.78 is 18.5. The van der Waals surface area contributed by atoms with Crippen molar-refractivity contribution >= 4 is 34.4 Å². The van der Waals surface area contributed by atoms with Gasteiger partial charge in [-0.15, -0.1) is 0 Å². The van der Waals surface area contributed by atoms with Crippen LogP contribution in [0, 0.1) is 12.7 Å². The molecule has 2 aromatic heterocycles.